The molecule has 2 unspecified atom stereocenters. The monoisotopic (exact) mass is 381 g/mol. The molecular weight excluding hydrogens is 358 g/mol. The molecule has 1 fully saturated rings. The Morgan fingerprint density at radius 2 is 2.04 bits per heavy atom. The topological polar surface area (TPSA) is 122 Å². The van der Waals surface area contributed by atoms with Crippen molar-refractivity contribution in [3.8, 4) is 6.07 Å². The van der Waals surface area contributed by atoms with Crippen molar-refractivity contribution in [2.24, 2.45) is 0 Å². The highest BCUT2D eigenvalue weighted by molar-refractivity contribution is 5.79. The van der Waals surface area contributed by atoms with Crippen LogP contribution in [0, 0.1) is 11.3 Å². The molecule has 0 radical (unpaired) electrons. The van der Waals surface area contributed by atoms with Gasteiger partial charge in [0.1, 0.15) is 6.07 Å². The molecule has 146 valence electrons. The summed E-state index contributed by atoms with van der Waals surface area (Å²) in [6.07, 6.45) is -0.498. The van der Waals surface area contributed by atoms with Crippen molar-refractivity contribution in [1.82, 2.24) is 15.5 Å². The number of hydrogen-bond donors (Lipinski definition) is 3. The third-order valence-electron chi connectivity index (χ3n) is 4.91. The van der Waals surface area contributed by atoms with Crippen LogP contribution < -0.4 is 10.2 Å². The van der Waals surface area contributed by atoms with Crippen LogP contribution in [0.1, 0.15) is 29.7 Å². The van der Waals surface area contributed by atoms with E-state index in [1.807, 2.05) is 42.2 Å². The van der Waals surface area contributed by atoms with E-state index in [9.17, 15) is 15.0 Å². The maximum atomic E-state index is 12.4. The largest absolute Gasteiger partial charge is 0.396 e. The van der Waals surface area contributed by atoms with Gasteiger partial charge in [-0.2, -0.15) is 5.26 Å². The zero-order valence-corrected chi connectivity index (χ0v) is 15.6. The number of nitrogens with zero attached hydrogens (tertiary/aromatic N) is 4. The van der Waals surface area contributed by atoms with E-state index in [0.29, 0.717) is 18.9 Å². The van der Waals surface area contributed by atoms with Crippen molar-refractivity contribution >= 4 is 11.7 Å². The van der Waals surface area contributed by atoms with Crippen LogP contribution in [0.5, 0.6) is 0 Å². The fourth-order valence-electron chi connectivity index (χ4n) is 3.18. The van der Waals surface area contributed by atoms with Crippen molar-refractivity contribution in [2.45, 2.75) is 31.4 Å². The Morgan fingerprint density at radius 1 is 1.29 bits per heavy atom. The molecule has 3 atom stereocenters. The quantitative estimate of drug-likeness (QED) is 0.660. The van der Waals surface area contributed by atoms with E-state index in [0.717, 1.165) is 11.1 Å². The minimum Gasteiger partial charge on any atom is -0.396 e. The second kappa shape index (κ2) is 8.78. The predicted molar refractivity (Wildman–Crippen MR) is 103 cm³/mol. The summed E-state index contributed by atoms with van der Waals surface area (Å²) in [6.45, 7) is 2.77. The molecule has 8 heteroatoms. The predicted octanol–water partition coefficient (Wildman–Crippen LogP) is 0.352. The summed E-state index contributed by atoms with van der Waals surface area (Å²) >= 11 is 0. The zero-order chi connectivity index (χ0) is 20.1. The third kappa shape index (κ3) is 4.63. The van der Waals surface area contributed by atoms with Crippen LogP contribution in [-0.4, -0.2) is 58.2 Å². The number of β-amino-alcohol motifs (C(OH)–C–C–N with tert-alkyl or cyclic N) is 1. The van der Waals surface area contributed by atoms with Gasteiger partial charge in [0, 0.05) is 25.6 Å². The lowest BCUT2D eigenvalue weighted by molar-refractivity contribution is -0.121. The Balaban J connectivity index is 1.55. The summed E-state index contributed by atoms with van der Waals surface area (Å²) in [5.74, 6) is 0.455. The first-order valence-corrected chi connectivity index (χ1v) is 9.16. The number of anilines is 1. The number of nitrogens with one attached hydrogen (secondary N) is 1. The lowest BCUT2D eigenvalue weighted by Crippen LogP contribution is -2.43. The summed E-state index contributed by atoms with van der Waals surface area (Å²) in [5, 5.41) is 38.9. The van der Waals surface area contributed by atoms with E-state index >= 15 is 0 Å². The van der Waals surface area contributed by atoms with Gasteiger partial charge in [0.05, 0.1) is 18.6 Å². The minimum atomic E-state index is -0.714. The highest BCUT2D eigenvalue weighted by atomic mass is 16.3. The van der Waals surface area contributed by atoms with Crippen LogP contribution >= 0.6 is 0 Å². The number of aliphatic hydroxyl groups is 2. The normalized spacial score (nSPS) is 19.9. The number of aromatic nitrogens is 2. The second-order valence-electron chi connectivity index (χ2n) is 7.04. The van der Waals surface area contributed by atoms with Crippen molar-refractivity contribution in [3.05, 3.63) is 53.2 Å². The van der Waals surface area contributed by atoms with E-state index < -0.39 is 12.1 Å². The average molecular weight is 381 g/mol. The molecule has 1 aromatic heterocycles. The van der Waals surface area contributed by atoms with E-state index in [1.165, 1.54) is 0 Å². The summed E-state index contributed by atoms with van der Waals surface area (Å²) in [6, 6.07) is 12.4. The van der Waals surface area contributed by atoms with Crippen LogP contribution in [-0.2, 0) is 11.2 Å². The lowest BCUT2D eigenvalue weighted by Gasteiger charge is -2.17. The van der Waals surface area contributed by atoms with Crippen LogP contribution in [0.15, 0.2) is 36.4 Å². The number of hydrogen-bond acceptors (Lipinski definition) is 7. The van der Waals surface area contributed by atoms with Crippen molar-refractivity contribution in [1.29, 1.82) is 5.26 Å². The van der Waals surface area contributed by atoms with E-state index in [2.05, 4.69) is 15.5 Å². The van der Waals surface area contributed by atoms with Crippen LogP contribution in [0.25, 0.3) is 0 Å². The molecule has 8 nitrogen and oxygen atoms in total. The van der Waals surface area contributed by atoms with Gasteiger partial charge in [-0.05, 0) is 23.3 Å². The highest BCUT2D eigenvalue weighted by Crippen LogP contribution is 2.19. The van der Waals surface area contributed by atoms with Gasteiger partial charge in [-0.15, -0.1) is 10.2 Å². The smallest absolute Gasteiger partial charge is 0.224 e. The average Bonchev–Trinajstić information content (AvgIpc) is 3.08. The lowest BCUT2D eigenvalue weighted by atomic mass is 10.00. The number of amides is 1. The molecule has 1 saturated heterocycles. The summed E-state index contributed by atoms with van der Waals surface area (Å²) in [5.41, 5.74) is 2.12. The first kappa shape index (κ1) is 19.7. The van der Waals surface area contributed by atoms with Gasteiger partial charge < -0.3 is 20.4 Å². The van der Waals surface area contributed by atoms with Gasteiger partial charge in [0.2, 0.25) is 5.91 Å². The molecule has 0 spiro atoms. The van der Waals surface area contributed by atoms with Gasteiger partial charge in [-0.25, -0.2) is 0 Å². The minimum absolute atomic E-state index is 0.0628. The Labute approximate surface area is 163 Å². The number of carbonyl (C=O) groups excluding carboxylic acids is 1. The summed E-state index contributed by atoms with van der Waals surface area (Å²) < 4.78 is 0. The van der Waals surface area contributed by atoms with E-state index in [4.69, 9.17) is 5.26 Å². The van der Waals surface area contributed by atoms with Gasteiger partial charge in [0.25, 0.3) is 0 Å². The fraction of sp³-hybridized carbons (Fsp3) is 0.400. The molecule has 1 amide bonds. The SMILES string of the molecule is CC(CO)c1ccc(CC(=O)NC2CN(c3ccc(C#N)nn3)C[C@@H]2O)cc1. The third-order valence-corrected chi connectivity index (χ3v) is 4.91. The molecule has 0 aliphatic carbocycles. The number of rotatable bonds is 6. The van der Waals surface area contributed by atoms with Gasteiger partial charge in [-0.3, -0.25) is 4.79 Å². The Bertz CT molecular complexity index is 848. The maximum absolute atomic E-state index is 12.4. The summed E-state index contributed by atoms with van der Waals surface area (Å²) in [7, 11) is 0. The molecule has 0 saturated carbocycles. The molecule has 1 aliphatic rings. The number of nitriles is 1. The number of carbonyl (C=O) groups is 1. The molecular formula is C20H23N5O3. The molecule has 2 heterocycles. The second-order valence-corrected chi connectivity index (χ2v) is 7.04. The van der Waals surface area contributed by atoms with E-state index in [-0.39, 0.29) is 30.5 Å². The maximum Gasteiger partial charge on any atom is 0.224 e. The molecule has 3 N–H and O–H groups in total. The van der Waals surface area contributed by atoms with Crippen molar-refractivity contribution in [2.75, 3.05) is 24.6 Å². The summed E-state index contributed by atoms with van der Waals surface area (Å²) in [4.78, 5) is 14.2. The van der Waals surface area contributed by atoms with Gasteiger partial charge in [0.15, 0.2) is 11.5 Å². The first-order valence-electron chi connectivity index (χ1n) is 9.16. The molecule has 3 rings (SSSR count). The van der Waals surface area contributed by atoms with Crippen LogP contribution in [0.2, 0.25) is 0 Å². The molecule has 1 aromatic carbocycles. The standard InChI is InChI=1S/C20H23N5O3/c1-13(12-26)15-4-2-14(3-5-15)8-20(28)22-17-10-25(11-18(17)27)19-7-6-16(9-21)23-24-19/h2-7,13,17-18,26-27H,8,10-12H2,1H3,(H,22,28)/t13?,17?,18-/m0/s1. The van der Waals surface area contributed by atoms with Crippen molar-refractivity contribution < 1.29 is 15.0 Å². The van der Waals surface area contributed by atoms with Crippen LogP contribution in [0.4, 0.5) is 5.82 Å². The molecule has 0 bridgehead atoms. The van der Waals surface area contributed by atoms with Crippen molar-refractivity contribution in [3.63, 3.8) is 0 Å². The van der Waals surface area contributed by atoms with Crippen LogP contribution in [0.3, 0.4) is 0 Å². The van der Waals surface area contributed by atoms with E-state index in [1.54, 1.807) is 12.1 Å². The zero-order valence-electron chi connectivity index (χ0n) is 15.6. The molecule has 1 aliphatic heterocycles. The van der Waals surface area contributed by atoms with Gasteiger partial charge in [-0.1, -0.05) is 31.2 Å². The number of aliphatic hydroxyl groups excluding tert-OH is 2. The molecule has 28 heavy (non-hydrogen) atoms. The highest BCUT2D eigenvalue weighted by Gasteiger charge is 2.33. The first-order chi connectivity index (χ1) is 13.5. The number of benzene rings is 1. The Hall–Kier alpha value is -3.02. The fourth-order valence-corrected chi connectivity index (χ4v) is 3.18. The Kier molecular flexibility index (Phi) is 6.19. The van der Waals surface area contributed by atoms with Gasteiger partial charge >= 0.3 is 0 Å². The molecule has 2 aromatic rings. The Morgan fingerprint density at radius 3 is 2.64 bits per heavy atom.